The van der Waals surface area contributed by atoms with Gasteiger partial charge in [0.25, 0.3) is 5.91 Å². The van der Waals surface area contributed by atoms with Crippen LogP contribution in [0.2, 0.25) is 0 Å². The number of para-hydroxylation sites is 1. The number of anilines is 2. The van der Waals surface area contributed by atoms with Crippen LogP contribution in [0.25, 0.3) is 0 Å². The summed E-state index contributed by atoms with van der Waals surface area (Å²) in [5, 5.41) is 14.0. The summed E-state index contributed by atoms with van der Waals surface area (Å²) in [6, 6.07) is 8.29. The molecule has 0 aliphatic carbocycles. The van der Waals surface area contributed by atoms with Crippen LogP contribution in [-0.2, 0) is 4.74 Å². The summed E-state index contributed by atoms with van der Waals surface area (Å²) >= 11 is 1.04. The van der Waals surface area contributed by atoms with Crippen molar-refractivity contribution >= 4 is 38.9 Å². The number of carbonyl (C=O) groups is 1. The van der Waals surface area contributed by atoms with Gasteiger partial charge in [-0.2, -0.15) is 0 Å². The van der Waals surface area contributed by atoms with Crippen molar-refractivity contribution in [1.29, 1.82) is 0 Å². The van der Waals surface area contributed by atoms with Crippen LogP contribution in [0.3, 0.4) is 0 Å². The smallest absolute Gasteiger partial charge is 0.381 e. The Balaban J connectivity index is 1.89. The highest BCUT2D eigenvalue weighted by Gasteiger charge is 2.23. The van der Waals surface area contributed by atoms with Gasteiger partial charge in [-0.05, 0) is 25.3 Å². The minimum atomic E-state index is -0.837. The van der Waals surface area contributed by atoms with E-state index in [-0.39, 0.29) is 28.9 Å². The van der Waals surface area contributed by atoms with Crippen molar-refractivity contribution in [3.63, 3.8) is 0 Å². The van der Waals surface area contributed by atoms with E-state index >= 15 is 0 Å². The zero-order valence-corrected chi connectivity index (χ0v) is 20.9. The van der Waals surface area contributed by atoms with Crippen molar-refractivity contribution in [3.05, 3.63) is 64.4 Å². The summed E-state index contributed by atoms with van der Waals surface area (Å²) < 4.78 is 21.2. The van der Waals surface area contributed by atoms with E-state index in [9.17, 15) is 9.59 Å². The second-order valence-corrected chi connectivity index (χ2v) is 8.15. The fourth-order valence-electron chi connectivity index (χ4n) is 3.21. The lowest BCUT2D eigenvalue weighted by molar-refractivity contribution is 0.0991. The quantitative estimate of drug-likeness (QED) is 0.324. The standard InChI is InChI=1S/C23H26N6O6S/c1-13(9-10-24)25-22-28-29-23(36-22)27-20(30)18-11-15(19(34-4)21(31)35-18)26-16(12-32-2)14-7-5-6-8-17(14)33-3/h5-11,16,26H,12,24H2,1-4H3,(H,27,29,30)/b10-9-,25-13+. The number of aromatic nitrogens is 2. The predicted octanol–water partition coefficient (Wildman–Crippen LogP) is 3.13. The molecule has 2 heterocycles. The molecule has 0 saturated heterocycles. The molecule has 36 heavy (non-hydrogen) atoms. The van der Waals surface area contributed by atoms with Gasteiger partial charge in [0, 0.05) is 24.5 Å². The number of nitrogens with two attached hydrogens (primary N) is 1. The lowest BCUT2D eigenvalue weighted by Gasteiger charge is -2.22. The van der Waals surface area contributed by atoms with Crippen LogP contribution < -0.4 is 31.5 Å². The molecule has 3 aromatic rings. The Labute approximate surface area is 210 Å². The third-order valence-electron chi connectivity index (χ3n) is 4.76. The fraction of sp³-hybridized carbons (Fsp3) is 0.261. The number of methoxy groups -OCH3 is 3. The molecule has 0 radical (unpaired) electrons. The molecule has 1 aromatic carbocycles. The molecular formula is C23H26N6O6S. The Morgan fingerprint density at radius 3 is 2.72 bits per heavy atom. The fourth-order valence-corrected chi connectivity index (χ4v) is 3.88. The summed E-state index contributed by atoms with van der Waals surface area (Å²) in [6.07, 6.45) is 2.95. The number of nitrogens with zero attached hydrogens (tertiary/aromatic N) is 3. The molecule has 1 amide bonds. The number of allylic oxidation sites excluding steroid dienone is 1. The zero-order chi connectivity index (χ0) is 26.1. The number of hydrogen-bond donors (Lipinski definition) is 3. The van der Waals surface area contributed by atoms with Gasteiger partial charge in [0.15, 0.2) is 5.76 Å². The molecule has 0 spiro atoms. The average Bonchev–Trinajstić information content (AvgIpc) is 3.29. The van der Waals surface area contributed by atoms with Crippen LogP contribution in [-0.4, -0.2) is 49.8 Å². The zero-order valence-electron chi connectivity index (χ0n) is 20.1. The summed E-state index contributed by atoms with van der Waals surface area (Å²) in [7, 11) is 4.44. The van der Waals surface area contributed by atoms with Gasteiger partial charge in [-0.15, -0.1) is 10.2 Å². The number of carbonyl (C=O) groups excluding carboxylic acids is 1. The van der Waals surface area contributed by atoms with Crippen LogP contribution in [0, 0.1) is 0 Å². The normalized spacial score (nSPS) is 12.4. The van der Waals surface area contributed by atoms with E-state index in [0.29, 0.717) is 16.6 Å². The number of aliphatic imine (C=N–C) groups is 1. The van der Waals surface area contributed by atoms with Crippen LogP contribution in [0.5, 0.6) is 11.5 Å². The van der Waals surface area contributed by atoms with Crippen LogP contribution in [0.1, 0.15) is 29.1 Å². The molecule has 0 fully saturated rings. The molecule has 4 N–H and O–H groups in total. The Morgan fingerprint density at radius 2 is 2.03 bits per heavy atom. The molecule has 0 saturated carbocycles. The van der Waals surface area contributed by atoms with E-state index in [2.05, 4.69) is 25.8 Å². The number of rotatable bonds is 11. The number of hydrogen-bond acceptors (Lipinski definition) is 12. The second kappa shape index (κ2) is 12.5. The molecule has 0 aliphatic rings. The van der Waals surface area contributed by atoms with Crippen molar-refractivity contribution < 1.29 is 23.4 Å². The van der Waals surface area contributed by atoms with E-state index in [1.54, 1.807) is 27.2 Å². The van der Waals surface area contributed by atoms with E-state index in [0.717, 1.165) is 16.9 Å². The number of ether oxygens (including phenoxy) is 3. The highest BCUT2D eigenvalue weighted by Crippen LogP contribution is 2.31. The predicted molar refractivity (Wildman–Crippen MR) is 137 cm³/mol. The molecule has 13 heteroatoms. The lowest BCUT2D eigenvalue weighted by Crippen LogP contribution is -2.21. The van der Waals surface area contributed by atoms with Gasteiger partial charge in [0.05, 0.1) is 32.6 Å². The van der Waals surface area contributed by atoms with Gasteiger partial charge in [-0.25, -0.2) is 9.79 Å². The molecule has 0 bridgehead atoms. The maximum absolute atomic E-state index is 12.9. The molecule has 2 aromatic heterocycles. The first kappa shape index (κ1) is 26.4. The van der Waals surface area contributed by atoms with E-state index in [1.807, 2.05) is 24.3 Å². The van der Waals surface area contributed by atoms with Crippen molar-refractivity contribution in [2.24, 2.45) is 10.7 Å². The minimum absolute atomic E-state index is 0.0986. The Hall–Kier alpha value is -4.23. The minimum Gasteiger partial charge on any atom is -0.496 e. The lowest BCUT2D eigenvalue weighted by atomic mass is 10.1. The van der Waals surface area contributed by atoms with E-state index in [4.69, 9.17) is 24.4 Å². The van der Waals surface area contributed by atoms with Gasteiger partial charge in [-0.1, -0.05) is 29.5 Å². The number of benzene rings is 1. The third kappa shape index (κ3) is 6.46. The first-order valence-electron chi connectivity index (χ1n) is 10.6. The maximum atomic E-state index is 12.9. The first-order valence-corrected chi connectivity index (χ1v) is 11.4. The number of nitrogens with one attached hydrogen (secondary N) is 2. The second-order valence-electron chi connectivity index (χ2n) is 7.20. The molecule has 3 rings (SSSR count). The largest absolute Gasteiger partial charge is 0.496 e. The van der Waals surface area contributed by atoms with Crippen LogP contribution in [0.4, 0.5) is 16.0 Å². The van der Waals surface area contributed by atoms with Gasteiger partial charge < -0.3 is 29.7 Å². The molecular weight excluding hydrogens is 488 g/mol. The van der Waals surface area contributed by atoms with Crippen LogP contribution in [0.15, 0.2) is 56.8 Å². The Morgan fingerprint density at radius 1 is 1.25 bits per heavy atom. The molecule has 0 aliphatic heterocycles. The summed E-state index contributed by atoms with van der Waals surface area (Å²) in [6.45, 7) is 1.98. The Bertz CT molecular complexity index is 1320. The van der Waals surface area contributed by atoms with Gasteiger partial charge in [-0.3, -0.25) is 10.1 Å². The first-order chi connectivity index (χ1) is 17.4. The van der Waals surface area contributed by atoms with Gasteiger partial charge in [0.1, 0.15) is 5.75 Å². The molecule has 190 valence electrons. The van der Waals surface area contributed by atoms with Crippen molar-refractivity contribution in [2.75, 3.05) is 38.6 Å². The third-order valence-corrected chi connectivity index (χ3v) is 5.49. The SMILES string of the molecule is COCC(Nc1cc(C(=O)Nc2nnc(/N=C(C)/C=C\N)s2)oc(=O)c1OC)c1ccccc1OC. The maximum Gasteiger partial charge on any atom is 0.381 e. The summed E-state index contributed by atoms with van der Waals surface area (Å²) in [5.74, 6) is -0.442. The molecule has 12 nitrogen and oxygen atoms in total. The highest BCUT2D eigenvalue weighted by atomic mass is 32.1. The summed E-state index contributed by atoms with van der Waals surface area (Å²) in [5.41, 5.74) is 6.14. The van der Waals surface area contributed by atoms with E-state index < -0.39 is 17.6 Å². The van der Waals surface area contributed by atoms with Gasteiger partial charge in [0.2, 0.25) is 16.0 Å². The molecule has 1 unspecified atom stereocenters. The Kier molecular flexibility index (Phi) is 9.13. The van der Waals surface area contributed by atoms with Crippen molar-refractivity contribution in [1.82, 2.24) is 10.2 Å². The monoisotopic (exact) mass is 514 g/mol. The van der Waals surface area contributed by atoms with Gasteiger partial charge >= 0.3 is 5.63 Å². The van der Waals surface area contributed by atoms with Crippen molar-refractivity contribution in [3.8, 4) is 11.5 Å². The molecule has 1 atom stereocenters. The average molecular weight is 515 g/mol. The summed E-state index contributed by atoms with van der Waals surface area (Å²) in [4.78, 5) is 29.7. The van der Waals surface area contributed by atoms with Crippen molar-refractivity contribution in [2.45, 2.75) is 13.0 Å². The topological polar surface area (TPSA) is 163 Å². The number of amides is 1. The highest BCUT2D eigenvalue weighted by molar-refractivity contribution is 7.18. The van der Waals surface area contributed by atoms with E-state index in [1.165, 1.54) is 19.4 Å². The van der Waals surface area contributed by atoms with Crippen LogP contribution >= 0.6 is 11.3 Å².